The number of hydrogen-bond acceptors (Lipinski definition) is 2. The summed E-state index contributed by atoms with van der Waals surface area (Å²) in [6, 6.07) is 9.76. The molecular weight excluding hydrogens is 202 g/mol. The zero-order valence-electron chi connectivity index (χ0n) is 9.48. The molecule has 86 valence electrons. The summed E-state index contributed by atoms with van der Waals surface area (Å²) >= 11 is 0. The van der Waals surface area contributed by atoms with Crippen LogP contribution in [0.5, 0.6) is 0 Å². The van der Waals surface area contributed by atoms with E-state index in [-0.39, 0.29) is 11.9 Å². The van der Waals surface area contributed by atoms with E-state index in [4.69, 9.17) is 0 Å². The largest absolute Gasteiger partial charge is 0.347 e. The van der Waals surface area contributed by atoms with E-state index in [0.717, 1.165) is 19.1 Å². The van der Waals surface area contributed by atoms with Gasteiger partial charge in [0.25, 0.3) is 0 Å². The quantitative estimate of drug-likeness (QED) is 0.740. The maximum absolute atomic E-state index is 10.8. The van der Waals surface area contributed by atoms with Crippen LogP contribution in [0.15, 0.2) is 30.3 Å². The predicted octanol–water partition coefficient (Wildman–Crippen LogP) is 1.71. The van der Waals surface area contributed by atoms with Gasteiger partial charge < -0.3 is 10.1 Å². The summed E-state index contributed by atoms with van der Waals surface area (Å²) in [6.45, 7) is 1.42. The second-order valence-corrected chi connectivity index (χ2v) is 3.82. The highest BCUT2D eigenvalue weighted by molar-refractivity contribution is 5.77. The average Bonchev–Trinajstić information content (AvgIpc) is 2.28. The van der Waals surface area contributed by atoms with Crippen molar-refractivity contribution in [1.29, 1.82) is 0 Å². The van der Waals surface area contributed by atoms with Crippen molar-refractivity contribution >= 4 is 12.2 Å². The summed E-state index contributed by atoms with van der Waals surface area (Å²) in [5, 5.41) is 2.61. The summed E-state index contributed by atoms with van der Waals surface area (Å²) in [7, 11) is 0. The van der Waals surface area contributed by atoms with Crippen LogP contribution in [0.2, 0.25) is 0 Å². The number of carbonyl (C=O) groups excluding carboxylic acids is 2. The lowest BCUT2D eigenvalue weighted by Crippen LogP contribution is -2.34. The van der Waals surface area contributed by atoms with Crippen molar-refractivity contribution in [2.75, 3.05) is 0 Å². The molecule has 0 aliphatic rings. The fourth-order valence-corrected chi connectivity index (χ4v) is 1.61. The summed E-state index contributed by atoms with van der Waals surface area (Å²) in [6.07, 6.45) is 3.32. The number of amides is 1. The molecule has 1 aromatic carbocycles. The molecule has 0 bridgehead atoms. The van der Waals surface area contributed by atoms with Crippen LogP contribution in [-0.2, 0) is 16.0 Å². The number of aryl methyl sites for hydroxylation is 1. The molecule has 1 amide bonds. The van der Waals surface area contributed by atoms with Gasteiger partial charge in [-0.2, -0.15) is 0 Å². The van der Waals surface area contributed by atoms with Crippen LogP contribution in [0.1, 0.15) is 25.3 Å². The van der Waals surface area contributed by atoms with E-state index < -0.39 is 0 Å². The molecule has 1 aromatic rings. The van der Waals surface area contributed by atoms with Crippen LogP contribution < -0.4 is 5.32 Å². The SMILES string of the molecule is CC(=O)NC(C=O)CCCc1ccccc1. The maximum Gasteiger partial charge on any atom is 0.217 e. The number of benzene rings is 1. The lowest BCUT2D eigenvalue weighted by Gasteiger charge is -2.10. The Labute approximate surface area is 95.9 Å². The van der Waals surface area contributed by atoms with E-state index in [1.54, 1.807) is 0 Å². The second kappa shape index (κ2) is 6.77. The number of carbonyl (C=O) groups is 2. The molecular formula is C13H17NO2. The Bertz CT molecular complexity index is 335. The minimum Gasteiger partial charge on any atom is -0.347 e. The lowest BCUT2D eigenvalue weighted by atomic mass is 10.1. The molecule has 1 rings (SSSR count). The molecule has 1 N–H and O–H groups in total. The number of hydrogen-bond donors (Lipinski definition) is 1. The fraction of sp³-hybridized carbons (Fsp3) is 0.385. The molecule has 16 heavy (non-hydrogen) atoms. The normalized spacial score (nSPS) is 11.8. The van der Waals surface area contributed by atoms with E-state index in [1.165, 1.54) is 12.5 Å². The molecule has 0 spiro atoms. The van der Waals surface area contributed by atoms with E-state index >= 15 is 0 Å². The molecule has 0 saturated carbocycles. The Morgan fingerprint density at radius 3 is 2.62 bits per heavy atom. The second-order valence-electron chi connectivity index (χ2n) is 3.82. The minimum absolute atomic E-state index is 0.156. The summed E-state index contributed by atoms with van der Waals surface area (Å²) < 4.78 is 0. The van der Waals surface area contributed by atoms with Crippen molar-refractivity contribution in [3.8, 4) is 0 Å². The van der Waals surface area contributed by atoms with Crippen LogP contribution in [0, 0.1) is 0 Å². The number of aldehydes is 1. The standard InChI is InChI=1S/C13H17NO2/c1-11(16)14-13(10-15)9-5-8-12-6-3-2-4-7-12/h2-4,6-7,10,13H,5,8-9H2,1H3,(H,14,16). The summed E-state index contributed by atoms with van der Waals surface area (Å²) in [5.41, 5.74) is 1.26. The van der Waals surface area contributed by atoms with Crippen molar-refractivity contribution in [3.05, 3.63) is 35.9 Å². The van der Waals surface area contributed by atoms with Gasteiger partial charge in [-0.15, -0.1) is 0 Å². The molecule has 0 radical (unpaired) electrons. The fourth-order valence-electron chi connectivity index (χ4n) is 1.61. The van der Waals surface area contributed by atoms with E-state index in [9.17, 15) is 9.59 Å². The van der Waals surface area contributed by atoms with Gasteiger partial charge in [0.15, 0.2) is 0 Å². The minimum atomic E-state index is -0.346. The molecule has 0 fully saturated rings. The third-order valence-electron chi connectivity index (χ3n) is 2.38. The third-order valence-corrected chi connectivity index (χ3v) is 2.38. The van der Waals surface area contributed by atoms with Gasteiger partial charge in [0.05, 0.1) is 6.04 Å². The Hall–Kier alpha value is -1.64. The lowest BCUT2D eigenvalue weighted by molar-refractivity contribution is -0.122. The van der Waals surface area contributed by atoms with Gasteiger partial charge in [0, 0.05) is 6.92 Å². The van der Waals surface area contributed by atoms with Crippen LogP contribution in [0.25, 0.3) is 0 Å². The van der Waals surface area contributed by atoms with Gasteiger partial charge in [0.1, 0.15) is 6.29 Å². The van der Waals surface area contributed by atoms with Gasteiger partial charge in [-0.05, 0) is 24.8 Å². The van der Waals surface area contributed by atoms with E-state index in [0.29, 0.717) is 6.42 Å². The summed E-state index contributed by atoms with van der Waals surface area (Å²) in [5.74, 6) is -0.156. The first-order valence-corrected chi connectivity index (χ1v) is 5.48. The molecule has 0 aromatic heterocycles. The van der Waals surface area contributed by atoms with Gasteiger partial charge >= 0.3 is 0 Å². The molecule has 0 aliphatic carbocycles. The zero-order valence-corrected chi connectivity index (χ0v) is 9.48. The highest BCUT2D eigenvalue weighted by Gasteiger charge is 2.07. The molecule has 1 atom stereocenters. The molecule has 1 unspecified atom stereocenters. The molecule has 0 aliphatic heterocycles. The molecule has 3 nitrogen and oxygen atoms in total. The van der Waals surface area contributed by atoms with Crippen molar-refractivity contribution < 1.29 is 9.59 Å². The first-order chi connectivity index (χ1) is 7.72. The highest BCUT2D eigenvalue weighted by atomic mass is 16.2. The van der Waals surface area contributed by atoms with Crippen LogP contribution in [0.4, 0.5) is 0 Å². The first kappa shape index (κ1) is 12.4. The van der Waals surface area contributed by atoms with Crippen LogP contribution in [-0.4, -0.2) is 18.2 Å². The third kappa shape index (κ3) is 4.73. The zero-order chi connectivity index (χ0) is 11.8. The topological polar surface area (TPSA) is 46.2 Å². The maximum atomic E-state index is 10.8. The molecule has 0 saturated heterocycles. The van der Waals surface area contributed by atoms with Crippen molar-refractivity contribution in [1.82, 2.24) is 5.32 Å². The van der Waals surface area contributed by atoms with Crippen molar-refractivity contribution in [3.63, 3.8) is 0 Å². The predicted molar refractivity (Wildman–Crippen MR) is 63.0 cm³/mol. The molecule has 3 heteroatoms. The Kier molecular flexibility index (Phi) is 5.26. The number of rotatable bonds is 6. The van der Waals surface area contributed by atoms with Gasteiger partial charge in [-0.25, -0.2) is 0 Å². The number of nitrogens with one attached hydrogen (secondary N) is 1. The monoisotopic (exact) mass is 219 g/mol. The Morgan fingerprint density at radius 1 is 1.38 bits per heavy atom. The summed E-state index contributed by atoms with van der Waals surface area (Å²) in [4.78, 5) is 21.4. The van der Waals surface area contributed by atoms with Gasteiger partial charge in [0.2, 0.25) is 5.91 Å². The average molecular weight is 219 g/mol. The molecule has 0 heterocycles. The van der Waals surface area contributed by atoms with Gasteiger partial charge in [-0.1, -0.05) is 30.3 Å². The van der Waals surface area contributed by atoms with E-state index in [2.05, 4.69) is 17.4 Å². The van der Waals surface area contributed by atoms with Crippen molar-refractivity contribution in [2.24, 2.45) is 0 Å². The Morgan fingerprint density at radius 2 is 2.06 bits per heavy atom. The van der Waals surface area contributed by atoms with Crippen LogP contribution >= 0.6 is 0 Å². The van der Waals surface area contributed by atoms with E-state index in [1.807, 2.05) is 18.2 Å². The highest BCUT2D eigenvalue weighted by Crippen LogP contribution is 2.05. The van der Waals surface area contributed by atoms with Crippen molar-refractivity contribution in [2.45, 2.75) is 32.2 Å². The van der Waals surface area contributed by atoms with Crippen LogP contribution in [0.3, 0.4) is 0 Å². The smallest absolute Gasteiger partial charge is 0.217 e. The van der Waals surface area contributed by atoms with Gasteiger partial charge in [-0.3, -0.25) is 4.79 Å². The first-order valence-electron chi connectivity index (χ1n) is 5.48. The Balaban J connectivity index is 2.28.